The summed E-state index contributed by atoms with van der Waals surface area (Å²) >= 11 is 1.30. The number of benzene rings is 3. The van der Waals surface area contributed by atoms with Gasteiger partial charge in [0.25, 0.3) is 5.91 Å². The van der Waals surface area contributed by atoms with Gasteiger partial charge in [0.1, 0.15) is 0 Å². The van der Waals surface area contributed by atoms with Crippen molar-refractivity contribution >= 4 is 40.2 Å². The molecule has 5 nitrogen and oxygen atoms in total. The average molecular weight is 512 g/mol. The standard InChI is InChI=1S/C27H24F3N3O2S/c1-18-9-11-19(12-10-18)26(35)31-13-14-33-16-24(22-7-2-3-8-23(22)33)36-17-25(34)32-21-6-4-5-20(15-21)27(28,29)30/h2-12,15-16H,13-14,17H2,1H3,(H,31,35)(H,32,34). The molecule has 0 atom stereocenters. The number of para-hydroxylation sites is 1. The first-order chi connectivity index (χ1) is 17.2. The van der Waals surface area contributed by atoms with Crippen molar-refractivity contribution in [2.75, 3.05) is 17.6 Å². The third-order valence-corrected chi connectivity index (χ3v) is 6.58. The van der Waals surface area contributed by atoms with Crippen molar-refractivity contribution in [1.82, 2.24) is 9.88 Å². The highest BCUT2D eigenvalue weighted by Crippen LogP contribution is 2.32. The first-order valence-electron chi connectivity index (χ1n) is 11.2. The second-order valence-electron chi connectivity index (χ2n) is 8.24. The first-order valence-corrected chi connectivity index (χ1v) is 12.2. The molecule has 1 heterocycles. The minimum Gasteiger partial charge on any atom is -0.350 e. The van der Waals surface area contributed by atoms with Crippen LogP contribution in [0, 0.1) is 6.92 Å². The van der Waals surface area contributed by atoms with E-state index in [0.29, 0.717) is 18.7 Å². The number of carbonyl (C=O) groups is 2. The summed E-state index contributed by atoms with van der Waals surface area (Å²) in [5, 5.41) is 6.41. The zero-order valence-corrected chi connectivity index (χ0v) is 20.2. The van der Waals surface area contributed by atoms with E-state index >= 15 is 0 Å². The lowest BCUT2D eigenvalue weighted by atomic mass is 10.1. The van der Waals surface area contributed by atoms with Crippen LogP contribution in [0.4, 0.5) is 18.9 Å². The number of anilines is 1. The smallest absolute Gasteiger partial charge is 0.350 e. The SMILES string of the molecule is Cc1ccc(C(=O)NCCn2cc(SCC(=O)Nc3cccc(C(F)(F)F)c3)c3ccccc32)cc1. The molecular formula is C27H24F3N3O2S. The third-order valence-electron chi connectivity index (χ3n) is 5.54. The fourth-order valence-electron chi connectivity index (χ4n) is 3.72. The third kappa shape index (κ3) is 6.28. The molecule has 186 valence electrons. The van der Waals surface area contributed by atoms with Gasteiger partial charge >= 0.3 is 6.18 Å². The van der Waals surface area contributed by atoms with Gasteiger partial charge in [0.05, 0.1) is 11.3 Å². The van der Waals surface area contributed by atoms with Crippen LogP contribution in [0.25, 0.3) is 10.9 Å². The molecule has 2 N–H and O–H groups in total. The molecule has 0 radical (unpaired) electrons. The molecule has 36 heavy (non-hydrogen) atoms. The Balaban J connectivity index is 1.38. The molecule has 1 aromatic heterocycles. The molecule has 2 amide bonds. The predicted molar refractivity (Wildman–Crippen MR) is 136 cm³/mol. The summed E-state index contributed by atoms with van der Waals surface area (Å²) in [6.07, 6.45) is -2.55. The van der Waals surface area contributed by atoms with E-state index in [0.717, 1.165) is 33.5 Å². The lowest BCUT2D eigenvalue weighted by Gasteiger charge is -2.09. The summed E-state index contributed by atoms with van der Waals surface area (Å²) in [7, 11) is 0. The maximum Gasteiger partial charge on any atom is 0.416 e. The van der Waals surface area contributed by atoms with Crippen molar-refractivity contribution in [2.24, 2.45) is 0 Å². The van der Waals surface area contributed by atoms with Crippen LogP contribution in [0.5, 0.6) is 0 Å². The molecule has 0 spiro atoms. The van der Waals surface area contributed by atoms with Crippen LogP contribution < -0.4 is 10.6 Å². The van der Waals surface area contributed by atoms with Crippen LogP contribution in [-0.2, 0) is 17.5 Å². The number of rotatable bonds is 8. The van der Waals surface area contributed by atoms with E-state index in [1.54, 1.807) is 12.1 Å². The van der Waals surface area contributed by atoms with Gasteiger partial charge in [-0.2, -0.15) is 13.2 Å². The normalized spacial score (nSPS) is 11.4. The number of hydrogen-bond acceptors (Lipinski definition) is 3. The zero-order valence-electron chi connectivity index (χ0n) is 19.4. The molecule has 0 aliphatic heterocycles. The molecule has 0 saturated carbocycles. The van der Waals surface area contributed by atoms with Gasteiger partial charge < -0.3 is 15.2 Å². The van der Waals surface area contributed by atoms with E-state index in [2.05, 4.69) is 10.6 Å². The van der Waals surface area contributed by atoms with Crippen LogP contribution in [0.2, 0.25) is 0 Å². The summed E-state index contributed by atoms with van der Waals surface area (Å²) < 4.78 is 40.8. The van der Waals surface area contributed by atoms with Crippen molar-refractivity contribution < 1.29 is 22.8 Å². The van der Waals surface area contributed by atoms with E-state index in [1.165, 1.54) is 23.9 Å². The number of carbonyl (C=O) groups excluding carboxylic acids is 2. The van der Waals surface area contributed by atoms with Crippen LogP contribution in [0.1, 0.15) is 21.5 Å². The summed E-state index contributed by atoms with van der Waals surface area (Å²) in [5.41, 5.74) is 1.93. The topological polar surface area (TPSA) is 63.1 Å². The summed E-state index contributed by atoms with van der Waals surface area (Å²) in [6.45, 7) is 2.92. The van der Waals surface area contributed by atoms with Crippen LogP contribution in [0.15, 0.2) is 83.9 Å². The van der Waals surface area contributed by atoms with Gasteiger partial charge in [0.2, 0.25) is 5.91 Å². The Labute approximate surface area is 210 Å². The molecule has 0 fully saturated rings. The Hall–Kier alpha value is -3.72. The van der Waals surface area contributed by atoms with Crippen molar-refractivity contribution in [2.45, 2.75) is 24.5 Å². The minimum atomic E-state index is -4.48. The molecule has 0 bridgehead atoms. The van der Waals surface area contributed by atoms with E-state index in [-0.39, 0.29) is 17.3 Å². The lowest BCUT2D eigenvalue weighted by Crippen LogP contribution is -2.27. The number of nitrogens with zero attached hydrogens (tertiary/aromatic N) is 1. The van der Waals surface area contributed by atoms with Crippen LogP contribution >= 0.6 is 11.8 Å². The largest absolute Gasteiger partial charge is 0.416 e. The van der Waals surface area contributed by atoms with Crippen molar-refractivity contribution in [3.05, 3.63) is 95.7 Å². The molecule has 9 heteroatoms. The Morgan fingerprint density at radius 1 is 0.972 bits per heavy atom. The molecule has 0 aliphatic rings. The molecule has 0 saturated heterocycles. The van der Waals surface area contributed by atoms with Gasteiger partial charge in [-0.25, -0.2) is 0 Å². The van der Waals surface area contributed by atoms with Gasteiger partial charge in [-0.1, -0.05) is 42.0 Å². The Kier molecular flexibility index (Phi) is 7.69. The minimum absolute atomic E-state index is 0.0361. The number of aromatic nitrogens is 1. The Morgan fingerprint density at radius 2 is 1.72 bits per heavy atom. The second kappa shape index (κ2) is 10.9. The van der Waals surface area contributed by atoms with Crippen molar-refractivity contribution in [1.29, 1.82) is 0 Å². The fourth-order valence-corrected chi connectivity index (χ4v) is 4.61. The number of thioether (sulfide) groups is 1. The van der Waals surface area contributed by atoms with Crippen molar-refractivity contribution in [3.8, 4) is 0 Å². The predicted octanol–water partition coefficient (Wildman–Crippen LogP) is 6.13. The highest BCUT2D eigenvalue weighted by molar-refractivity contribution is 8.00. The Morgan fingerprint density at radius 3 is 2.47 bits per heavy atom. The quantitative estimate of drug-likeness (QED) is 0.280. The highest BCUT2D eigenvalue weighted by Gasteiger charge is 2.30. The molecule has 0 unspecified atom stereocenters. The molecule has 3 aromatic carbocycles. The first kappa shape index (κ1) is 25.4. The van der Waals surface area contributed by atoms with E-state index < -0.39 is 17.6 Å². The van der Waals surface area contributed by atoms with E-state index in [9.17, 15) is 22.8 Å². The fraction of sp³-hybridized carbons (Fsp3) is 0.185. The zero-order chi connectivity index (χ0) is 25.7. The number of amides is 2. The maximum absolute atomic E-state index is 12.9. The number of alkyl halides is 3. The summed E-state index contributed by atoms with van der Waals surface area (Å²) in [6, 6.07) is 19.6. The number of nitrogens with one attached hydrogen (secondary N) is 2. The molecule has 0 aliphatic carbocycles. The van der Waals surface area contributed by atoms with E-state index in [1.807, 2.05) is 54.1 Å². The van der Waals surface area contributed by atoms with Gasteiger partial charge in [-0.3, -0.25) is 9.59 Å². The highest BCUT2D eigenvalue weighted by atomic mass is 32.2. The monoisotopic (exact) mass is 511 g/mol. The molecule has 4 rings (SSSR count). The van der Waals surface area contributed by atoms with Crippen LogP contribution in [-0.4, -0.2) is 28.7 Å². The second-order valence-corrected chi connectivity index (χ2v) is 9.26. The number of aryl methyl sites for hydroxylation is 1. The summed E-state index contributed by atoms with van der Waals surface area (Å²) in [5.74, 6) is -0.511. The van der Waals surface area contributed by atoms with Gasteiger partial charge in [-0.15, -0.1) is 11.8 Å². The summed E-state index contributed by atoms with van der Waals surface area (Å²) in [4.78, 5) is 25.7. The van der Waals surface area contributed by atoms with Crippen LogP contribution in [0.3, 0.4) is 0 Å². The lowest BCUT2D eigenvalue weighted by molar-refractivity contribution is -0.137. The van der Waals surface area contributed by atoms with Gasteiger partial charge in [-0.05, 0) is 43.3 Å². The number of fused-ring (bicyclic) bond motifs is 1. The Bertz CT molecular complexity index is 1380. The number of halogens is 3. The van der Waals surface area contributed by atoms with E-state index in [4.69, 9.17) is 0 Å². The average Bonchev–Trinajstić information content (AvgIpc) is 3.20. The maximum atomic E-state index is 12.9. The van der Waals surface area contributed by atoms with Gasteiger partial charge in [0.15, 0.2) is 0 Å². The molecule has 4 aromatic rings. The molecular weight excluding hydrogens is 487 g/mol. The van der Waals surface area contributed by atoms with Gasteiger partial charge in [0, 0.05) is 46.3 Å². The number of hydrogen-bond donors (Lipinski definition) is 2. The van der Waals surface area contributed by atoms with Crippen molar-refractivity contribution in [3.63, 3.8) is 0 Å².